The summed E-state index contributed by atoms with van der Waals surface area (Å²) < 4.78 is 32.6. The Hall–Kier alpha value is -1.34. The maximum Gasteiger partial charge on any atom is 0.287 e. The second-order valence-electron chi connectivity index (χ2n) is 10.1. The Balaban J connectivity index is 1.22. The molecule has 6 nitrogen and oxygen atoms in total. The number of nitrogens with one attached hydrogen (secondary N) is 1. The molecule has 2 heterocycles. The highest BCUT2D eigenvalue weighted by Crippen LogP contribution is 2.61. The number of aryl methyl sites for hydroxylation is 1. The van der Waals surface area contributed by atoms with Crippen molar-refractivity contribution in [3.05, 3.63) is 17.6 Å². The van der Waals surface area contributed by atoms with Crippen LogP contribution in [-0.4, -0.2) is 38.3 Å². The van der Waals surface area contributed by atoms with Crippen LogP contribution in [0.5, 0.6) is 0 Å². The SMILES string of the molecule is Cc1oc(C(=O)NCCC23CC4CC(CC(C4)C2)C3)cc1S(=O)(=O)N1CCCC1. The van der Waals surface area contributed by atoms with E-state index in [1.54, 1.807) is 6.92 Å². The van der Waals surface area contributed by atoms with Gasteiger partial charge in [0.15, 0.2) is 5.76 Å². The summed E-state index contributed by atoms with van der Waals surface area (Å²) in [5.41, 5.74) is 0.422. The van der Waals surface area contributed by atoms with Crippen molar-refractivity contribution >= 4 is 15.9 Å². The zero-order valence-electron chi connectivity index (χ0n) is 17.3. The van der Waals surface area contributed by atoms with E-state index < -0.39 is 10.0 Å². The molecule has 1 amide bonds. The summed E-state index contributed by atoms with van der Waals surface area (Å²) >= 11 is 0. The Kier molecular flexibility index (Phi) is 4.81. The summed E-state index contributed by atoms with van der Waals surface area (Å²) in [5, 5.41) is 2.99. The van der Waals surface area contributed by atoms with Crippen molar-refractivity contribution in [3.63, 3.8) is 0 Å². The van der Waals surface area contributed by atoms with Crippen LogP contribution in [0.15, 0.2) is 15.4 Å². The van der Waals surface area contributed by atoms with E-state index in [0.717, 1.165) is 37.0 Å². The third kappa shape index (κ3) is 3.54. The molecule has 0 unspecified atom stereocenters. The number of hydrogen-bond acceptors (Lipinski definition) is 4. The average molecular weight is 421 g/mol. The van der Waals surface area contributed by atoms with Crippen LogP contribution < -0.4 is 5.32 Å². The van der Waals surface area contributed by atoms with Gasteiger partial charge in [0.25, 0.3) is 5.91 Å². The lowest BCUT2D eigenvalue weighted by atomic mass is 9.49. The highest BCUT2D eigenvalue weighted by molar-refractivity contribution is 7.89. The summed E-state index contributed by atoms with van der Waals surface area (Å²) in [6.45, 7) is 3.34. The van der Waals surface area contributed by atoms with Gasteiger partial charge in [0, 0.05) is 25.7 Å². The fraction of sp³-hybridized carbons (Fsp3) is 0.773. The van der Waals surface area contributed by atoms with E-state index >= 15 is 0 Å². The highest BCUT2D eigenvalue weighted by atomic mass is 32.2. The van der Waals surface area contributed by atoms with Crippen molar-refractivity contribution in [1.29, 1.82) is 0 Å². The van der Waals surface area contributed by atoms with E-state index in [2.05, 4.69) is 5.32 Å². The van der Waals surface area contributed by atoms with Crippen LogP contribution >= 0.6 is 0 Å². The van der Waals surface area contributed by atoms with Crippen molar-refractivity contribution in [2.45, 2.75) is 69.6 Å². The summed E-state index contributed by atoms with van der Waals surface area (Å²) in [6.07, 6.45) is 11.0. The lowest BCUT2D eigenvalue weighted by molar-refractivity contribution is -0.0564. The number of carbonyl (C=O) groups is 1. The first kappa shape index (κ1) is 19.6. The van der Waals surface area contributed by atoms with Gasteiger partial charge in [0.1, 0.15) is 10.7 Å². The molecule has 0 radical (unpaired) electrons. The molecule has 1 aromatic rings. The number of rotatable bonds is 6. The average Bonchev–Trinajstić information content (AvgIpc) is 3.30. The monoisotopic (exact) mass is 420 g/mol. The number of furan rings is 1. The lowest BCUT2D eigenvalue weighted by Crippen LogP contribution is -2.47. The van der Waals surface area contributed by atoms with Gasteiger partial charge >= 0.3 is 0 Å². The van der Waals surface area contributed by atoms with Gasteiger partial charge in [-0.15, -0.1) is 0 Å². The van der Waals surface area contributed by atoms with E-state index in [0.29, 0.717) is 30.8 Å². The third-order valence-electron chi connectivity index (χ3n) is 7.88. The van der Waals surface area contributed by atoms with Crippen LogP contribution in [0.25, 0.3) is 0 Å². The molecule has 1 saturated heterocycles. The van der Waals surface area contributed by atoms with Gasteiger partial charge in [0.2, 0.25) is 10.0 Å². The molecule has 5 fully saturated rings. The topological polar surface area (TPSA) is 79.6 Å². The number of amides is 1. The van der Waals surface area contributed by atoms with Crippen molar-refractivity contribution < 1.29 is 17.6 Å². The van der Waals surface area contributed by atoms with Gasteiger partial charge in [-0.1, -0.05) is 0 Å². The number of sulfonamides is 1. The highest BCUT2D eigenvalue weighted by Gasteiger charge is 2.50. The van der Waals surface area contributed by atoms with Gasteiger partial charge < -0.3 is 9.73 Å². The fourth-order valence-electron chi connectivity index (χ4n) is 7.03. The van der Waals surface area contributed by atoms with Crippen LogP contribution in [0.3, 0.4) is 0 Å². The van der Waals surface area contributed by atoms with Crippen LogP contribution in [0.1, 0.15) is 74.1 Å². The molecule has 0 spiro atoms. The lowest BCUT2D eigenvalue weighted by Gasteiger charge is -2.57. The Morgan fingerprint density at radius 2 is 1.72 bits per heavy atom. The summed E-state index contributed by atoms with van der Waals surface area (Å²) in [5.74, 6) is 2.81. The van der Waals surface area contributed by atoms with Crippen LogP contribution in [-0.2, 0) is 10.0 Å². The Labute approximate surface area is 173 Å². The molecule has 0 aromatic carbocycles. The first-order valence-corrected chi connectivity index (χ1v) is 12.7. The van der Waals surface area contributed by atoms with Crippen LogP contribution in [0.2, 0.25) is 0 Å². The van der Waals surface area contributed by atoms with Crippen molar-refractivity contribution in [2.75, 3.05) is 19.6 Å². The van der Waals surface area contributed by atoms with Crippen molar-refractivity contribution in [2.24, 2.45) is 23.2 Å². The predicted molar refractivity (Wildman–Crippen MR) is 109 cm³/mol. The molecule has 7 heteroatoms. The minimum absolute atomic E-state index is 0.103. The van der Waals surface area contributed by atoms with Crippen molar-refractivity contribution in [3.8, 4) is 0 Å². The maximum absolute atomic E-state index is 12.8. The molecule has 1 N–H and O–H groups in total. The molecule has 4 saturated carbocycles. The standard InChI is InChI=1S/C22H32N2O4S/c1-15-20(29(26,27)24-6-2-3-7-24)11-19(28-15)21(25)23-5-4-22-12-16-8-17(13-22)10-18(9-16)14-22/h11,16-18H,2-10,12-14H2,1H3,(H,23,25). The first-order chi connectivity index (χ1) is 13.8. The maximum atomic E-state index is 12.8. The van der Waals surface area contributed by atoms with E-state index in [1.807, 2.05) is 0 Å². The molecular formula is C22H32N2O4S. The molecular weight excluding hydrogens is 388 g/mol. The van der Waals surface area contributed by atoms with Gasteiger partial charge in [0.05, 0.1) is 0 Å². The van der Waals surface area contributed by atoms with Gasteiger partial charge in [-0.2, -0.15) is 4.31 Å². The van der Waals surface area contributed by atoms with E-state index in [9.17, 15) is 13.2 Å². The molecule has 1 aliphatic heterocycles. The Morgan fingerprint density at radius 1 is 1.14 bits per heavy atom. The Morgan fingerprint density at radius 3 is 2.31 bits per heavy atom. The predicted octanol–water partition coefficient (Wildman–Crippen LogP) is 3.71. The normalized spacial score (nSPS) is 34.0. The fourth-order valence-corrected chi connectivity index (χ4v) is 8.70. The largest absolute Gasteiger partial charge is 0.455 e. The number of carbonyl (C=O) groups excluding carboxylic acids is 1. The zero-order chi connectivity index (χ0) is 20.2. The molecule has 4 aliphatic carbocycles. The zero-order valence-corrected chi connectivity index (χ0v) is 18.1. The molecule has 4 bridgehead atoms. The second kappa shape index (κ2) is 7.12. The molecule has 5 aliphatic rings. The van der Waals surface area contributed by atoms with Gasteiger partial charge in [-0.05, 0) is 87.9 Å². The van der Waals surface area contributed by atoms with Gasteiger partial charge in [-0.3, -0.25) is 4.79 Å². The number of nitrogens with zero attached hydrogens (tertiary/aromatic N) is 1. The molecule has 0 atom stereocenters. The van der Waals surface area contributed by atoms with E-state index in [1.165, 1.54) is 48.9 Å². The minimum Gasteiger partial charge on any atom is -0.455 e. The minimum atomic E-state index is -3.57. The van der Waals surface area contributed by atoms with Gasteiger partial charge in [-0.25, -0.2) is 8.42 Å². The van der Waals surface area contributed by atoms with Crippen molar-refractivity contribution in [1.82, 2.24) is 9.62 Å². The number of hydrogen-bond donors (Lipinski definition) is 1. The summed E-state index contributed by atoms with van der Waals surface area (Å²) in [6, 6.07) is 1.41. The quantitative estimate of drug-likeness (QED) is 0.761. The van der Waals surface area contributed by atoms with Crippen LogP contribution in [0.4, 0.5) is 0 Å². The molecule has 6 rings (SSSR count). The third-order valence-corrected chi connectivity index (χ3v) is 9.89. The molecule has 1 aromatic heterocycles. The summed E-state index contributed by atoms with van der Waals surface area (Å²) in [7, 11) is -3.57. The van der Waals surface area contributed by atoms with E-state index in [-0.39, 0.29) is 16.6 Å². The van der Waals surface area contributed by atoms with E-state index in [4.69, 9.17) is 4.42 Å². The molecule has 160 valence electrons. The first-order valence-electron chi connectivity index (χ1n) is 11.2. The smallest absolute Gasteiger partial charge is 0.287 e. The van der Waals surface area contributed by atoms with Crippen LogP contribution in [0, 0.1) is 30.1 Å². The molecule has 29 heavy (non-hydrogen) atoms. The second-order valence-corrected chi connectivity index (χ2v) is 12.0. The Bertz CT molecular complexity index is 863. The summed E-state index contributed by atoms with van der Waals surface area (Å²) in [4.78, 5) is 12.8.